The van der Waals surface area contributed by atoms with Crippen molar-refractivity contribution in [3.05, 3.63) is 0 Å². The first-order chi connectivity index (χ1) is 1.73. The Balaban J connectivity index is -0.0000000450. The van der Waals surface area contributed by atoms with Crippen LogP contribution in [0.1, 0.15) is 0 Å². The molecule has 0 unspecified atom stereocenters. The molecule has 0 spiro atoms. The third-order valence-corrected chi connectivity index (χ3v) is 0. The van der Waals surface area contributed by atoms with Crippen LogP contribution in [0.5, 0.6) is 0 Å². The van der Waals surface area contributed by atoms with E-state index in [1.807, 2.05) is 0 Å². The van der Waals surface area contributed by atoms with E-state index in [2.05, 4.69) is 0 Å². The maximum atomic E-state index is 8.52. The minimum absolute atomic E-state index is 0. The van der Waals surface area contributed by atoms with E-state index in [1.54, 1.807) is 0 Å². The van der Waals surface area contributed by atoms with Gasteiger partial charge in [0.2, 0.25) is 14.8 Å². The molecule has 0 bridgehead atoms. The maximum Gasteiger partial charge on any atom is 1.00 e. The summed E-state index contributed by atoms with van der Waals surface area (Å²) in [7, 11) is 0. The summed E-state index contributed by atoms with van der Waals surface area (Å²) in [5.74, 6) is 0. The molecule has 0 rings (SSSR count). The van der Waals surface area contributed by atoms with Crippen LogP contribution in [0.15, 0.2) is 0 Å². The summed E-state index contributed by atoms with van der Waals surface area (Å²) in [4.78, 5) is 0. The van der Waals surface area contributed by atoms with E-state index in [-0.39, 0.29) is 46.5 Å². The molecule has 0 atom stereocenters. The fourth-order valence-electron chi connectivity index (χ4n) is 0. The molecule has 0 amide bonds. The number of halogens is 2. The molecule has 0 saturated carbocycles. The topological polar surface area (TPSA) is 69.2 Å². The molecule has 6 heavy (non-hydrogen) atoms. The van der Waals surface area contributed by atoms with Gasteiger partial charge in [-0.25, -0.2) is 0 Å². The van der Waals surface area contributed by atoms with E-state index in [4.69, 9.17) is 12.6 Å². The van der Waals surface area contributed by atoms with Gasteiger partial charge in [0, 0.05) is 0 Å². The smallest absolute Gasteiger partial charge is 0.405 e. The summed E-state index contributed by atoms with van der Waals surface area (Å²) in [6.07, 6.45) is 0. The van der Waals surface area contributed by atoms with Crippen LogP contribution >= 0.6 is 17.0 Å². The monoisotopic (exact) mass is 230 g/mol. The van der Waals surface area contributed by atoms with Crippen molar-refractivity contribution in [2.75, 3.05) is 0 Å². The van der Waals surface area contributed by atoms with Crippen LogP contribution in [0.25, 0.3) is 0 Å². The van der Waals surface area contributed by atoms with Crippen LogP contribution < -0.4 is 42.2 Å². The maximum absolute atomic E-state index is 8.52. The Hall–Kier alpha value is 1.84. The summed E-state index contributed by atoms with van der Waals surface area (Å²) in [6.45, 7) is 0. The third kappa shape index (κ3) is 40.4. The van der Waals surface area contributed by atoms with Crippen molar-refractivity contribution in [1.82, 2.24) is 0 Å². The van der Waals surface area contributed by atoms with E-state index in [0.29, 0.717) is 0 Å². The zero-order valence-electron chi connectivity index (χ0n) is 3.01. The van der Waals surface area contributed by atoms with Gasteiger partial charge in [0.15, 0.2) is 0 Å². The first-order valence-electron chi connectivity index (χ1n) is 0.463. The molecule has 0 aliphatic heterocycles. The van der Waals surface area contributed by atoms with Crippen molar-refractivity contribution >= 4 is 17.0 Å². The van der Waals surface area contributed by atoms with E-state index < -0.39 is 14.8 Å². The minimum Gasteiger partial charge on any atom is -0.405 e. The Morgan fingerprint density at radius 1 is 1.00 bits per heavy atom. The predicted molar refractivity (Wildman–Crippen MR) is 10.3 cm³/mol. The molecular formula is HBr2NaO3. The standard InChI is InChI=1S/BrO3.BrH.Na/c2-1(3)4;;/h;1H;/q-1;;+1. The molecule has 34 valence electrons. The van der Waals surface area contributed by atoms with Crippen LogP contribution in [0.3, 0.4) is 0 Å². The van der Waals surface area contributed by atoms with Crippen molar-refractivity contribution in [2.45, 2.75) is 0 Å². The molecule has 0 N–H and O–H groups in total. The molecule has 0 aromatic heterocycles. The zero-order chi connectivity index (χ0) is 3.58. The molecule has 0 saturated heterocycles. The molecule has 0 aromatic rings. The fourth-order valence-corrected chi connectivity index (χ4v) is 0. The average Bonchev–Trinajstić information content (AvgIpc) is 0.811. The second-order valence-electron chi connectivity index (χ2n) is 0.189. The van der Waals surface area contributed by atoms with Crippen molar-refractivity contribution < 1.29 is 57.0 Å². The minimum atomic E-state index is -3.65. The molecule has 0 radical (unpaired) electrons. The molecular weight excluding hydrogens is 231 g/mol. The summed E-state index contributed by atoms with van der Waals surface area (Å²) in [6, 6.07) is 0. The summed E-state index contributed by atoms with van der Waals surface area (Å²) >= 11 is -3.65. The largest absolute Gasteiger partial charge is 1.00 e. The summed E-state index contributed by atoms with van der Waals surface area (Å²) in [5.41, 5.74) is 0. The Bertz CT molecular complexity index is 13.5. The Labute approximate surface area is 73.2 Å². The fraction of sp³-hybridized carbons (Fsp3) is 0. The Morgan fingerprint density at radius 2 is 1.00 bits per heavy atom. The van der Waals surface area contributed by atoms with Gasteiger partial charge in [-0.1, -0.05) is 0 Å². The predicted octanol–water partition coefficient (Wildman–Crippen LogP) is -5.99. The summed E-state index contributed by atoms with van der Waals surface area (Å²) < 4.78 is 25.6. The quantitative estimate of drug-likeness (QED) is 0.390. The average molecular weight is 232 g/mol. The Morgan fingerprint density at radius 3 is 1.00 bits per heavy atom. The second-order valence-corrected chi connectivity index (χ2v) is 0.982. The van der Waals surface area contributed by atoms with Crippen molar-refractivity contribution in [2.24, 2.45) is 0 Å². The van der Waals surface area contributed by atoms with Gasteiger partial charge in [0.25, 0.3) is 0 Å². The molecule has 0 fully saturated rings. The van der Waals surface area contributed by atoms with Crippen molar-refractivity contribution in [3.63, 3.8) is 0 Å². The van der Waals surface area contributed by atoms with Crippen LogP contribution in [0.2, 0.25) is 0 Å². The third-order valence-electron chi connectivity index (χ3n) is 0. The molecule has 0 heterocycles. The van der Waals surface area contributed by atoms with Gasteiger partial charge < -0.3 is 12.6 Å². The molecule has 3 nitrogen and oxygen atoms in total. The SMILES string of the molecule is Br.[Na+].[O-][Br+2]([O-])[O-]. The number of hydrogen-bond acceptors (Lipinski definition) is 3. The molecule has 0 aliphatic rings. The van der Waals surface area contributed by atoms with E-state index in [1.165, 1.54) is 0 Å². The van der Waals surface area contributed by atoms with Crippen LogP contribution in [0, 0.1) is 14.8 Å². The van der Waals surface area contributed by atoms with Gasteiger partial charge in [0.05, 0.1) is 0 Å². The van der Waals surface area contributed by atoms with Crippen LogP contribution in [0.4, 0.5) is 0 Å². The van der Waals surface area contributed by atoms with Gasteiger partial charge in [-0.05, 0) is 0 Å². The van der Waals surface area contributed by atoms with Crippen LogP contribution in [-0.4, -0.2) is 0 Å². The van der Waals surface area contributed by atoms with Gasteiger partial charge in [-0.15, -0.1) is 17.0 Å². The van der Waals surface area contributed by atoms with Crippen molar-refractivity contribution in [3.8, 4) is 0 Å². The Kier molecular flexibility index (Phi) is 26.0. The van der Waals surface area contributed by atoms with Gasteiger partial charge in [-0.3, -0.25) is 0 Å². The summed E-state index contributed by atoms with van der Waals surface area (Å²) in [5, 5.41) is 0. The number of rotatable bonds is 0. The van der Waals surface area contributed by atoms with E-state index in [9.17, 15) is 0 Å². The first kappa shape index (κ1) is 15.7. The van der Waals surface area contributed by atoms with Crippen LogP contribution in [-0.2, 0) is 0 Å². The van der Waals surface area contributed by atoms with E-state index in [0.717, 1.165) is 0 Å². The number of hydrogen-bond donors (Lipinski definition) is 0. The second kappa shape index (κ2) is 9.96. The van der Waals surface area contributed by atoms with Gasteiger partial charge >= 0.3 is 29.6 Å². The molecule has 0 aromatic carbocycles. The first-order valence-corrected chi connectivity index (χ1v) is 2.41. The zero-order valence-corrected chi connectivity index (χ0v) is 8.31. The normalized spacial score (nSPS) is 6.00. The molecule has 6 heteroatoms. The van der Waals surface area contributed by atoms with Gasteiger partial charge in [0.1, 0.15) is 0 Å². The van der Waals surface area contributed by atoms with E-state index >= 15 is 0 Å². The van der Waals surface area contributed by atoms with Gasteiger partial charge in [-0.2, -0.15) is 0 Å². The molecule has 0 aliphatic carbocycles. The van der Waals surface area contributed by atoms with Crippen molar-refractivity contribution in [1.29, 1.82) is 0 Å².